The van der Waals surface area contributed by atoms with Crippen molar-refractivity contribution in [2.24, 2.45) is 5.73 Å². The fraction of sp³-hybridized carbons (Fsp3) is 0.533. The number of hydrogen-bond acceptors (Lipinski definition) is 3. The number of rotatable bonds is 5. The SMILES string of the molecule is CC(O)c1ccccc1N(CC(N)=O)C1CCCC1. The Balaban J connectivity index is 2.33. The third kappa shape index (κ3) is 3.26. The molecule has 0 radical (unpaired) electrons. The van der Waals surface area contributed by atoms with Gasteiger partial charge in [0.1, 0.15) is 0 Å². The summed E-state index contributed by atoms with van der Waals surface area (Å²) in [6.07, 6.45) is 4.00. The summed E-state index contributed by atoms with van der Waals surface area (Å²) in [6.45, 7) is 1.96. The Morgan fingerprint density at radius 2 is 2.05 bits per heavy atom. The van der Waals surface area contributed by atoms with Crippen molar-refractivity contribution in [3.8, 4) is 0 Å². The van der Waals surface area contributed by atoms with Gasteiger partial charge in [-0.1, -0.05) is 31.0 Å². The summed E-state index contributed by atoms with van der Waals surface area (Å²) in [5.74, 6) is -0.327. The largest absolute Gasteiger partial charge is 0.389 e. The van der Waals surface area contributed by atoms with Gasteiger partial charge < -0.3 is 15.7 Å². The summed E-state index contributed by atoms with van der Waals surface area (Å²) >= 11 is 0. The Hall–Kier alpha value is -1.55. The molecule has 0 aliphatic heterocycles. The van der Waals surface area contributed by atoms with E-state index in [2.05, 4.69) is 4.90 Å². The highest BCUT2D eigenvalue weighted by Gasteiger charge is 2.26. The van der Waals surface area contributed by atoms with Crippen LogP contribution < -0.4 is 10.6 Å². The molecular weight excluding hydrogens is 240 g/mol. The van der Waals surface area contributed by atoms with Gasteiger partial charge in [0.25, 0.3) is 0 Å². The number of hydrogen-bond donors (Lipinski definition) is 2. The van der Waals surface area contributed by atoms with E-state index < -0.39 is 6.10 Å². The minimum absolute atomic E-state index is 0.217. The monoisotopic (exact) mass is 262 g/mol. The lowest BCUT2D eigenvalue weighted by molar-refractivity contribution is -0.116. The van der Waals surface area contributed by atoms with Crippen LogP contribution >= 0.6 is 0 Å². The normalized spacial score (nSPS) is 17.4. The van der Waals surface area contributed by atoms with Crippen molar-refractivity contribution in [2.45, 2.75) is 44.8 Å². The van der Waals surface area contributed by atoms with E-state index in [1.54, 1.807) is 6.92 Å². The number of anilines is 1. The van der Waals surface area contributed by atoms with Gasteiger partial charge in [-0.2, -0.15) is 0 Å². The number of amides is 1. The number of primary amides is 1. The average molecular weight is 262 g/mol. The Morgan fingerprint density at radius 1 is 1.42 bits per heavy atom. The van der Waals surface area contributed by atoms with Crippen LogP contribution in [0.5, 0.6) is 0 Å². The van der Waals surface area contributed by atoms with Gasteiger partial charge in [-0.3, -0.25) is 4.79 Å². The summed E-state index contributed by atoms with van der Waals surface area (Å²) in [5, 5.41) is 9.89. The minimum Gasteiger partial charge on any atom is -0.389 e. The third-order valence-electron chi connectivity index (χ3n) is 3.79. The number of nitrogens with zero attached hydrogens (tertiary/aromatic N) is 1. The molecule has 1 amide bonds. The van der Waals surface area contributed by atoms with Crippen LogP contribution in [0.2, 0.25) is 0 Å². The van der Waals surface area contributed by atoms with E-state index in [9.17, 15) is 9.90 Å². The predicted octanol–water partition coefficient (Wildman–Crippen LogP) is 1.97. The Morgan fingerprint density at radius 3 is 2.63 bits per heavy atom. The first kappa shape index (κ1) is 13.9. The maximum Gasteiger partial charge on any atom is 0.236 e. The number of carbonyl (C=O) groups is 1. The van der Waals surface area contributed by atoms with E-state index in [4.69, 9.17) is 5.73 Å². The molecule has 4 nitrogen and oxygen atoms in total. The van der Waals surface area contributed by atoms with Crippen molar-refractivity contribution in [3.63, 3.8) is 0 Å². The molecule has 1 saturated carbocycles. The standard InChI is InChI=1S/C15H22N2O2/c1-11(18)13-8-4-5-9-14(13)17(10-15(16)19)12-6-2-3-7-12/h4-5,8-9,11-12,18H,2-3,6-7,10H2,1H3,(H2,16,19). The van der Waals surface area contributed by atoms with E-state index in [1.165, 1.54) is 12.8 Å². The molecule has 0 saturated heterocycles. The summed E-state index contributed by atoms with van der Waals surface area (Å²) in [5.41, 5.74) is 7.17. The van der Waals surface area contributed by atoms with Crippen LogP contribution in [-0.4, -0.2) is 23.6 Å². The summed E-state index contributed by atoms with van der Waals surface area (Å²) in [7, 11) is 0. The molecule has 19 heavy (non-hydrogen) atoms. The van der Waals surface area contributed by atoms with Gasteiger partial charge >= 0.3 is 0 Å². The first-order valence-electron chi connectivity index (χ1n) is 6.91. The second kappa shape index (κ2) is 6.06. The highest BCUT2D eigenvalue weighted by Crippen LogP contribution is 2.32. The van der Waals surface area contributed by atoms with Gasteiger partial charge in [0, 0.05) is 17.3 Å². The zero-order chi connectivity index (χ0) is 13.8. The Bertz CT molecular complexity index is 440. The highest BCUT2D eigenvalue weighted by atomic mass is 16.3. The summed E-state index contributed by atoms with van der Waals surface area (Å²) < 4.78 is 0. The topological polar surface area (TPSA) is 66.6 Å². The molecule has 0 bridgehead atoms. The van der Waals surface area contributed by atoms with E-state index in [0.717, 1.165) is 24.1 Å². The van der Waals surface area contributed by atoms with Gasteiger partial charge in [-0.05, 0) is 25.8 Å². The van der Waals surface area contributed by atoms with Crippen LogP contribution in [0.15, 0.2) is 24.3 Å². The first-order valence-corrected chi connectivity index (χ1v) is 6.91. The second-order valence-electron chi connectivity index (χ2n) is 5.27. The number of aliphatic hydroxyl groups is 1. The van der Waals surface area contributed by atoms with Crippen LogP contribution in [0.3, 0.4) is 0 Å². The smallest absolute Gasteiger partial charge is 0.236 e. The van der Waals surface area contributed by atoms with Gasteiger partial charge in [0.15, 0.2) is 0 Å². The number of carbonyl (C=O) groups excluding carboxylic acids is 1. The lowest BCUT2D eigenvalue weighted by Crippen LogP contribution is -2.40. The molecule has 1 fully saturated rings. The van der Waals surface area contributed by atoms with Crippen molar-refractivity contribution in [3.05, 3.63) is 29.8 Å². The lowest BCUT2D eigenvalue weighted by atomic mass is 10.0. The van der Waals surface area contributed by atoms with Gasteiger partial charge in [-0.25, -0.2) is 0 Å². The number of nitrogens with two attached hydrogens (primary N) is 1. The average Bonchev–Trinajstić information content (AvgIpc) is 2.89. The lowest BCUT2D eigenvalue weighted by Gasteiger charge is -2.32. The van der Waals surface area contributed by atoms with Gasteiger partial charge in [0.2, 0.25) is 5.91 Å². The second-order valence-corrected chi connectivity index (χ2v) is 5.27. The molecule has 1 aliphatic carbocycles. The molecule has 104 valence electrons. The molecule has 3 N–H and O–H groups in total. The Kier molecular flexibility index (Phi) is 4.43. The van der Waals surface area contributed by atoms with Crippen LogP contribution in [0.1, 0.15) is 44.3 Å². The fourth-order valence-electron chi connectivity index (χ4n) is 2.90. The van der Waals surface area contributed by atoms with Crippen molar-refractivity contribution in [1.29, 1.82) is 0 Å². The van der Waals surface area contributed by atoms with Gasteiger partial charge in [0.05, 0.1) is 12.6 Å². The highest BCUT2D eigenvalue weighted by molar-refractivity contribution is 5.80. The fourth-order valence-corrected chi connectivity index (χ4v) is 2.90. The summed E-state index contributed by atoms with van der Waals surface area (Å²) in [6, 6.07) is 8.06. The zero-order valence-electron chi connectivity index (χ0n) is 11.4. The maximum absolute atomic E-state index is 11.3. The molecule has 1 atom stereocenters. The van der Waals surface area contributed by atoms with Crippen LogP contribution in [0, 0.1) is 0 Å². The molecule has 0 spiro atoms. The molecule has 4 heteroatoms. The van der Waals surface area contributed by atoms with Crippen molar-refractivity contribution in [2.75, 3.05) is 11.4 Å². The molecule has 1 unspecified atom stereocenters. The maximum atomic E-state index is 11.3. The molecule has 1 aromatic carbocycles. The van der Waals surface area contributed by atoms with E-state index >= 15 is 0 Å². The molecular formula is C15H22N2O2. The molecule has 1 aromatic rings. The van der Waals surface area contributed by atoms with Crippen LogP contribution in [0.25, 0.3) is 0 Å². The number of para-hydroxylation sites is 1. The molecule has 1 aliphatic rings. The van der Waals surface area contributed by atoms with Crippen molar-refractivity contribution >= 4 is 11.6 Å². The molecule has 0 heterocycles. The van der Waals surface area contributed by atoms with E-state index in [1.807, 2.05) is 24.3 Å². The molecule has 2 rings (SSSR count). The summed E-state index contributed by atoms with van der Waals surface area (Å²) in [4.78, 5) is 13.4. The van der Waals surface area contributed by atoms with Crippen LogP contribution in [-0.2, 0) is 4.79 Å². The number of benzene rings is 1. The van der Waals surface area contributed by atoms with Gasteiger partial charge in [-0.15, -0.1) is 0 Å². The third-order valence-corrected chi connectivity index (χ3v) is 3.79. The van der Waals surface area contributed by atoms with E-state index in [0.29, 0.717) is 6.04 Å². The zero-order valence-corrected chi connectivity index (χ0v) is 11.4. The predicted molar refractivity (Wildman–Crippen MR) is 75.9 cm³/mol. The quantitative estimate of drug-likeness (QED) is 0.852. The first-order chi connectivity index (χ1) is 9.09. The number of aliphatic hydroxyl groups excluding tert-OH is 1. The minimum atomic E-state index is -0.548. The van der Waals surface area contributed by atoms with E-state index in [-0.39, 0.29) is 12.5 Å². The molecule has 0 aromatic heterocycles. The van der Waals surface area contributed by atoms with Crippen LogP contribution in [0.4, 0.5) is 5.69 Å². The van der Waals surface area contributed by atoms with Crippen molar-refractivity contribution < 1.29 is 9.90 Å². The Labute approximate surface area is 114 Å². The van der Waals surface area contributed by atoms with Crippen molar-refractivity contribution in [1.82, 2.24) is 0 Å².